The Hall–Kier alpha value is -1.82. The van der Waals surface area contributed by atoms with Crippen LogP contribution < -0.4 is 10.2 Å². The van der Waals surface area contributed by atoms with Gasteiger partial charge in [-0.15, -0.1) is 0 Å². The molecule has 1 aromatic heterocycles. The van der Waals surface area contributed by atoms with Crippen LogP contribution in [0.3, 0.4) is 0 Å². The first-order valence-electron chi connectivity index (χ1n) is 6.47. The fourth-order valence-corrected chi connectivity index (χ4v) is 2.22. The average molecular weight is 355 g/mol. The molecule has 0 aliphatic heterocycles. The third kappa shape index (κ3) is 3.44. The van der Waals surface area contributed by atoms with Gasteiger partial charge in [-0.3, -0.25) is 4.79 Å². The lowest BCUT2D eigenvalue weighted by Gasteiger charge is -2.24. The van der Waals surface area contributed by atoms with Gasteiger partial charge >= 0.3 is 0 Å². The molecule has 0 radical (unpaired) electrons. The highest BCUT2D eigenvalue weighted by molar-refractivity contribution is 9.10. The summed E-state index contributed by atoms with van der Waals surface area (Å²) in [5.41, 5.74) is 1.25. The first-order valence-corrected chi connectivity index (χ1v) is 7.26. The highest BCUT2D eigenvalue weighted by Crippen LogP contribution is 2.24. The molecule has 6 heteroatoms. The van der Waals surface area contributed by atoms with Gasteiger partial charge in [0, 0.05) is 18.8 Å². The summed E-state index contributed by atoms with van der Waals surface area (Å²) in [5, 5.41) is 2.63. The topological polar surface area (TPSA) is 45.5 Å². The van der Waals surface area contributed by atoms with Crippen LogP contribution in [0.4, 0.5) is 15.8 Å². The molecule has 1 aromatic carbocycles. The second-order valence-electron chi connectivity index (χ2n) is 4.93. The van der Waals surface area contributed by atoms with Crippen molar-refractivity contribution in [1.29, 1.82) is 0 Å². The largest absolute Gasteiger partial charge is 0.457 e. The minimum absolute atomic E-state index is 0.182. The monoisotopic (exact) mass is 354 g/mol. The Kier molecular flexibility index (Phi) is 4.67. The summed E-state index contributed by atoms with van der Waals surface area (Å²) in [6.45, 7) is 3.96. The number of rotatable bonds is 4. The number of halogens is 2. The van der Waals surface area contributed by atoms with Gasteiger partial charge in [0.25, 0.3) is 5.91 Å². The van der Waals surface area contributed by atoms with Crippen molar-refractivity contribution in [3.05, 3.63) is 46.6 Å². The summed E-state index contributed by atoms with van der Waals surface area (Å²) < 4.78 is 19.5. The molecule has 0 bridgehead atoms. The van der Waals surface area contributed by atoms with Gasteiger partial charge in [0.05, 0.1) is 17.5 Å². The molecule has 0 fully saturated rings. The molecule has 2 aromatic rings. The summed E-state index contributed by atoms with van der Waals surface area (Å²) >= 11 is 3.13. The predicted molar refractivity (Wildman–Crippen MR) is 84.3 cm³/mol. The summed E-state index contributed by atoms with van der Waals surface area (Å²) in [6, 6.07) is 6.34. The van der Waals surface area contributed by atoms with Gasteiger partial charge in [-0.2, -0.15) is 0 Å². The quantitative estimate of drug-likeness (QED) is 0.891. The highest BCUT2D eigenvalue weighted by atomic mass is 79.9. The summed E-state index contributed by atoms with van der Waals surface area (Å²) in [5.74, 6) is -0.741. The van der Waals surface area contributed by atoms with Gasteiger partial charge in [0.1, 0.15) is 5.82 Å². The van der Waals surface area contributed by atoms with Crippen LogP contribution in [-0.4, -0.2) is 19.0 Å². The molecular formula is C15H16BrFN2O2. The number of furan rings is 1. The number of benzene rings is 1. The average Bonchev–Trinajstić information content (AvgIpc) is 2.84. The van der Waals surface area contributed by atoms with Crippen LogP contribution in [0.25, 0.3) is 0 Å². The number of amides is 1. The Morgan fingerprint density at radius 3 is 2.62 bits per heavy atom. The molecule has 21 heavy (non-hydrogen) atoms. The van der Waals surface area contributed by atoms with E-state index in [4.69, 9.17) is 4.42 Å². The van der Waals surface area contributed by atoms with E-state index in [0.29, 0.717) is 21.6 Å². The standard InChI is InChI=1S/C15H16BrFN2O2/c1-9(2)19(3)13-5-4-10(8-12(13)17)18-15(20)11-6-7-21-14(11)16/h4-9H,1-3H3,(H,18,20). The number of nitrogens with zero attached hydrogens (tertiary/aromatic N) is 1. The fourth-order valence-electron chi connectivity index (χ4n) is 1.80. The number of nitrogens with one attached hydrogen (secondary N) is 1. The van der Waals surface area contributed by atoms with Crippen molar-refractivity contribution in [3.63, 3.8) is 0 Å². The van der Waals surface area contributed by atoms with Crippen LogP contribution in [0.2, 0.25) is 0 Å². The maximum Gasteiger partial charge on any atom is 0.260 e. The summed E-state index contributed by atoms with van der Waals surface area (Å²) in [7, 11) is 1.82. The molecule has 0 unspecified atom stereocenters. The van der Waals surface area contributed by atoms with E-state index in [9.17, 15) is 9.18 Å². The minimum Gasteiger partial charge on any atom is -0.457 e. The van der Waals surface area contributed by atoms with E-state index in [1.165, 1.54) is 18.4 Å². The first-order chi connectivity index (χ1) is 9.90. The van der Waals surface area contributed by atoms with E-state index in [1.54, 1.807) is 12.1 Å². The lowest BCUT2D eigenvalue weighted by molar-refractivity contribution is 0.102. The zero-order valence-corrected chi connectivity index (χ0v) is 13.6. The maximum atomic E-state index is 14.1. The van der Waals surface area contributed by atoms with Crippen molar-refractivity contribution in [2.24, 2.45) is 0 Å². The molecule has 4 nitrogen and oxygen atoms in total. The van der Waals surface area contributed by atoms with Gasteiger partial charge in [0.15, 0.2) is 4.67 Å². The number of carbonyl (C=O) groups excluding carboxylic acids is 1. The van der Waals surface area contributed by atoms with Crippen LogP contribution in [0.1, 0.15) is 24.2 Å². The van der Waals surface area contributed by atoms with E-state index >= 15 is 0 Å². The van der Waals surface area contributed by atoms with E-state index in [2.05, 4.69) is 21.2 Å². The lowest BCUT2D eigenvalue weighted by Crippen LogP contribution is -2.26. The summed E-state index contributed by atoms with van der Waals surface area (Å²) in [4.78, 5) is 13.8. The molecule has 0 atom stereocenters. The van der Waals surface area contributed by atoms with E-state index in [1.807, 2.05) is 25.8 Å². The molecule has 0 saturated heterocycles. The number of anilines is 2. The molecule has 1 heterocycles. The third-order valence-electron chi connectivity index (χ3n) is 3.22. The Bertz CT molecular complexity index is 655. The molecule has 0 saturated carbocycles. The number of hydrogen-bond donors (Lipinski definition) is 1. The molecule has 0 aliphatic rings. The molecular weight excluding hydrogens is 339 g/mol. The second-order valence-corrected chi connectivity index (χ2v) is 5.65. The maximum absolute atomic E-state index is 14.1. The molecule has 2 rings (SSSR count). The minimum atomic E-state index is -0.379. The Labute approximate surface area is 131 Å². The van der Waals surface area contributed by atoms with Crippen LogP contribution in [-0.2, 0) is 0 Å². The highest BCUT2D eigenvalue weighted by Gasteiger charge is 2.15. The second kappa shape index (κ2) is 6.30. The summed E-state index contributed by atoms with van der Waals surface area (Å²) in [6.07, 6.45) is 1.40. The van der Waals surface area contributed by atoms with E-state index in [-0.39, 0.29) is 17.8 Å². The van der Waals surface area contributed by atoms with Gasteiger partial charge < -0.3 is 14.6 Å². The first kappa shape index (κ1) is 15.6. The van der Waals surface area contributed by atoms with Crippen molar-refractivity contribution in [1.82, 2.24) is 0 Å². The zero-order valence-electron chi connectivity index (χ0n) is 12.0. The van der Waals surface area contributed by atoms with Gasteiger partial charge in [-0.05, 0) is 54.0 Å². The zero-order chi connectivity index (χ0) is 15.6. The number of hydrogen-bond acceptors (Lipinski definition) is 3. The number of carbonyl (C=O) groups is 1. The van der Waals surface area contributed by atoms with Gasteiger partial charge in [0.2, 0.25) is 0 Å². The molecule has 1 amide bonds. The molecule has 0 spiro atoms. The van der Waals surface area contributed by atoms with Gasteiger partial charge in [-0.25, -0.2) is 4.39 Å². The molecule has 112 valence electrons. The Morgan fingerprint density at radius 2 is 2.10 bits per heavy atom. The molecule has 1 N–H and O–H groups in total. The van der Waals surface area contributed by atoms with Crippen LogP contribution in [0.5, 0.6) is 0 Å². The van der Waals surface area contributed by atoms with Gasteiger partial charge in [-0.1, -0.05) is 0 Å². The smallest absolute Gasteiger partial charge is 0.260 e. The third-order valence-corrected chi connectivity index (χ3v) is 3.84. The SMILES string of the molecule is CC(C)N(C)c1ccc(NC(=O)c2ccoc2Br)cc1F. The molecule has 0 aliphatic carbocycles. The predicted octanol–water partition coefficient (Wildman–Crippen LogP) is 4.28. The lowest BCUT2D eigenvalue weighted by atomic mass is 10.2. The van der Waals surface area contributed by atoms with Crippen molar-refractivity contribution in [2.75, 3.05) is 17.3 Å². The Balaban J connectivity index is 2.18. The van der Waals surface area contributed by atoms with Crippen LogP contribution in [0, 0.1) is 5.82 Å². The Morgan fingerprint density at radius 1 is 1.38 bits per heavy atom. The van der Waals surface area contributed by atoms with Crippen LogP contribution >= 0.6 is 15.9 Å². The fraction of sp³-hybridized carbons (Fsp3) is 0.267. The van der Waals surface area contributed by atoms with Crippen molar-refractivity contribution in [3.8, 4) is 0 Å². The van der Waals surface area contributed by atoms with Crippen molar-refractivity contribution < 1.29 is 13.6 Å². The van der Waals surface area contributed by atoms with E-state index in [0.717, 1.165) is 0 Å². The van der Waals surface area contributed by atoms with Crippen LogP contribution in [0.15, 0.2) is 39.6 Å². The van der Waals surface area contributed by atoms with Crippen molar-refractivity contribution >= 4 is 33.2 Å². The van der Waals surface area contributed by atoms with Crippen molar-refractivity contribution in [2.45, 2.75) is 19.9 Å². The van der Waals surface area contributed by atoms with E-state index < -0.39 is 0 Å². The normalized spacial score (nSPS) is 10.8.